The number of carbonyl (C=O) groups excluding carboxylic acids is 1. The molecule has 0 amide bonds. The van der Waals surface area contributed by atoms with Crippen LogP contribution in [0.25, 0.3) is 0 Å². The van der Waals surface area contributed by atoms with Crippen LogP contribution in [0.3, 0.4) is 0 Å². The van der Waals surface area contributed by atoms with Gasteiger partial charge in [-0.1, -0.05) is 22.0 Å². The fourth-order valence-corrected chi connectivity index (χ4v) is 2.34. The van der Waals surface area contributed by atoms with Crippen LogP contribution in [0, 0.1) is 10.1 Å². The highest BCUT2D eigenvalue weighted by Crippen LogP contribution is 2.35. The number of benzene rings is 2. The number of esters is 1. The van der Waals surface area contributed by atoms with Gasteiger partial charge in [0.25, 0.3) is 5.69 Å². The maximum atomic E-state index is 12.8. The summed E-state index contributed by atoms with van der Waals surface area (Å²) < 4.78 is 43.3. The summed E-state index contributed by atoms with van der Waals surface area (Å²) in [7, 11) is 0. The molecule has 2 rings (SSSR count). The SMILES string of the molecule is O=C(Cc1ccc(Br)c(C(F)(F)F)c1)Oc1ccc([N+](=O)[O-])cc1. The summed E-state index contributed by atoms with van der Waals surface area (Å²) in [6.07, 6.45) is -4.91. The second-order valence-corrected chi connectivity index (χ2v) is 5.57. The molecule has 126 valence electrons. The summed E-state index contributed by atoms with van der Waals surface area (Å²) in [5, 5.41) is 10.5. The van der Waals surface area contributed by atoms with Gasteiger partial charge in [0.05, 0.1) is 16.9 Å². The Hall–Kier alpha value is -2.42. The minimum absolute atomic E-state index is 0.0683. The molecule has 0 saturated heterocycles. The van der Waals surface area contributed by atoms with Gasteiger partial charge in [-0.3, -0.25) is 14.9 Å². The molecule has 0 aromatic heterocycles. The Kier molecular flexibility index (Phi) is 5.23. The van der Waals surface area contributed by atoms with Crippen molar-refractivity contribution < 1.29 is 27.6 Å². The first-order valence-corrected chi connectivity index (χ1v) is 7.27. The molecule has 5 nitrogen and oxygen atoms in total. The number of nitrogens with zero attached hydrogens (tertiary/aromatic N) is 1. The third-order valence-corrected chi connectivity index (χ3v) is 3.66. The zero-order valence-electron chi connectivity index (χ0n) is 11.8. The number of nitro groups is 1. The Morgan fingerprint density at radius 3 is 2.33 bits per heavy atom. The zero-order valence-corrected chi connectivity index (χ0v) is 13.4. The van der Waals surface area contributed by atoms with E-state index in [9.17, 15) is 28.1 Å². The van der Waals surface area contributed by atoms with Gasteiger partial charge in [-0.2, -0.15) is 13.2 Å². The van der Waals surface area contributed by atoms with Crippen LogP contribution in [0.15, 0.2) is 46.9 Å². The van der Waals surface area contributed by atoms with Crippen molar-refractivity contribution in [3.05, 3.63) is 68.2 Å². The Morgan fingerprint density at radius 2 is 1.79 bits per heavy atom. The van der Waals surface area contributed by atoms with Gasteiger partial charge in [-0.25, -0.2) is 0 Å². The van der Waals surface area contributed by atoms with Crippen LogP contribution in [0.2, 0.25) is 0 Å². The third kappa shape index (κ3) is 4.54. The average Bonchev–Trinajstić information content (AvgIpc) is 2.48. The smallest absolute Gasteiger partial charge is 0.417 e. The first-order valence-electron chi connectivity index (χ1n) is 6.47. The third-order valence-electron chi connectivity index (χ3n) is 2.96. The fraction of sp³-hybridized carbons (Fsp3) is 0.133. The zero-order chi connectivity index (χ0) is 17.9. The van der Waals surface area contributed by atoms with Gasteiger partial charge >= 0.3 is 12.1 Å². The number of ether oxygens (including phenoxy) is 1. The second-order valence-electron chi connectivity index (χ2n) is 4.71. The number of hydrogen-bond donors (Lipinski definition) is 0. The van der Waals surface area contributed by atoms with Gasteiger partial charge in [-0.05, 0) is 29.8 Å². The highest BCUT2D eigenvalue weighted by atomic mass is 79.9. The van der Waals surface area contributed by atoms with E-state index in [0.717, 1.165) is 18.2 Å². The number of nitro benzene ring substituents is 1. The monoisotopic (exact) mass is 403 g/mol. The van der Waals surface area contributed by atoms with Crippen LogP contribution in [0.5, 0.6) is 5.75 Å². The van der Waals surface area contributed by atoms with Crippen molar-refractivity contribution in [3.63, 3.8) is 0 Å². The molecule has 0 spiro atoms. The molecule has 0 unspecified atom stereocenters. The van der Waals surface area contributed by atoms with E-state index < -0.39 is 22.6 Å². The lowest BCUT2D eigenvalue weighted by molar-refractivity contribution is -0.384. The number of alkyl halides is 3. The lowest BCUT2D eigenvalue weighted by Crippen LogP contribution is -2.13. The summed E-state index contributed by atoms with van der Waals surface area (Å²) in [6.45, 7) is 0. The van der Waals surface area contributed by atoms with E-state index in [-0.39, 0.29) is 27.9 Å². The van der Waals surface area contributed by atoms with Crippen molar-refractivity contribution in [2.45, 2.75) is 12.6 Å². The molecule has 0 heterocycles. The molecule has 0 radical (unpaired) electrons. The highest BCUT2D eigenvalue weighted by Gasteiger charge is 2.33. The largest absolute Gasteiger partial charge is 0.426 e. The number of halogens is 4. The normalized spacial score (nSPS) is 11.2. The van der Waals surface area contributed by atoms with Crippen LogP contribution in [0.1, 0.15) is 11.1 Å². The molecule has 0 aliphatic rings. The molecule has 9 heteroatoms. The number of non-ortho nitro benzene ring substituents is 1. The van der Waals surface area contributed by atoms with Gasteiger partial charge in [0.1, 0.15) is 5.75 Å². The average molecular weight is 404 g/mol. The lowest BCUT2D eigenvalue weighted by Gasteiger charge is -2.11. The minimum Gasteiger partial charge on any atom is -0.426 e. The molecule has 0 aliphatic heterocycles. The van der Waals surface area contributed by atoms with E-state index in [0.29, 0.717) is 0 Å². The van der Waals surface area contributed by atoms with E-state index in [1.54, 1.807) is 0 Å². The van der Waals surface area contributed by atoms with Crippen molar-refractivity contribution in [3.8, 4) is 5.75 Å². The van der Waals surface area contributed by atoms with Crippen LogP contribution >= 0.6 is 15.9 Å². The van der Waals surface area contributed by atoms with E-state index >= 15 is 0 Å². The van der Waals surface area contributed by atoms with E-state index in [1.807, 2.05) is 0 Å². The van der Waals surface area contributed by atoms with Crippen molar-refractivity contribution in [1.82, 2.24) is 0 Å². The van der Waals surface area contributed by atoms with Crippen LogP contribution < -0.4 is 4.74 Å². The molecule has 0 saturated carbocycles. The van der Waals surface area contributed by atoms with E-state index in [4.69, 9.17) is 4.74 Å². The van der Waals surface area contributed by atoms with Gasteiger partial charge in [0, 0.05) is 16.6 Å². The van der Waals surface area contributed by atoms with Crippen molar-refractivity contribution in [2.75, 3.05) is 0 Å². The van der Waals surface area contributed by atoms with Gasteiger partial charge in [0.15, 0.2) is 0 Å². The van der Waals surface area contributed by atoms with E-state index in [1.165, 1.54) is 24.3 Å². The molecular weight excluding hydrogens is 395 g/mol. The van der Waals surface area contributed by atoms with Gasteiger partial charge in [-0.15, -0.1) is 0 Å². The molecule has 0 bridgehead atoms. The van der Waals surface area contributed by atoms with Crippen LogP contribution in [-0.4, -0.2) is 10.9 Å². The van der Waals surface area contributed by atoms with Gasteiger partial charge < -0.3 is 4.74 Å². The van der Waals surface area contributed by atoms with Crippen molar-refractivity contribution in [2.24, 2.45) is 0 Å². The summed E-state index contributed by atoms with van der Waals surface area (Å²) in [4.78, 5) is 21.7. The Morgan fingerprint density at radius 1 is 1.17 bits per heavy atom. The summed E-state index contributed by atoms with van der Waals surface area (Å²) >= 11 is 2.81. The van der Waals surface area contributed by atoms with Crippen LogP contribution in [0.4, 0.5) is 18.9 Å². The van der Waals surface area contributed by atoms with Crippen molar-refractivity contribution in [1.29, 1.82) is 0 Å². The van der Waals surface area contributed by atoms with Crippen LogP contribution in [-0.2, 0) is 17.4 Å². The predicted octanol–water partition coefficient (Wildman–Crippen LogP) is 4.52. The quantitative estimate of drug-likeness (QED) is 0.325. The topological polar surface area (TPSA) is 69.4 Å². The molecule has 0 atom stereocenters. The summed E-state index contributed by atoms with van der Waals surface area (Å²) in [6, 6.07) is 8.22. The fourth-order valence-electron chi connectivity index (χ4n) is 1.87. The maximum Gasteiger partial charge on any atom is 0.417 e. The number of hydrogen-bond acceptors (Lipinski definition) is 4. The Balaban J connectivity index is 2.08. The Labute approximate surface area is 142 Å². The first-order chi connectivity index (χ1) is 11.2. The number of rotatable bonds is 4. The first kappa shape index (κ1) is 17.9. The van der Waals surface area contributed by atoms with Crippen molar-refractivity contribution >= 4 is 27.6 Å². The molecular formula is C15H9BrF3NO4. The maximum absolute atomic E-state index is 12.8. The molecule has 2 aromatic carbocycles. The number of carbonyl (C=O) groups is 1. The summed E-state index contributed by atoms with van der Waals surface area (Å²) in [5.74, 6) is -0.710. The molecule has 0 fully saturated rings. The minimum atomic E-state index is -4.54. The predicted molar refractivity (Wildman–Crippen MR) is 81.6 cm³/mol. The van der Waals surface area contributed by atoms with Gasteiger partial charge in [0.2, 0.25) is 0 Å². The lowest BCUT2D eigenvalue weighted by atomic mass is 10.1. The standard InChI is InChI=1S/C15H9BrF3NO4/c16-13-6-1-9(7-12(13)15(17,18)19)8-14(21)24-11-4-2-10(3-5-11)20(22)23/h1-7H,8H2. The molecule has 0 aliphatic carbocycles. The van der Waals surface area contributed by atoms with E-state index in [2.05, 4.69) is 15.9 Å². The molecule has 24 heavy (non-hydrogen) atoms. The highest BCUT2D eigenvalue weighted by molar-refractivity contribution is 9.10. The second kappa shape index (κ2) is 7.00. The summed E-state index contributed by atoms with van der Waals surface area (Å²) in [5.41, 5.74) is -0.918. The Bertz CT molecular complexity index is 775. The molecule has 0 N–H and O–H groups in total. The molecule has 2 aromatic rings.